The molecule has 0 aromatic heterocycles. The minimum absolute atomic E-state index is 0.416. The van der Waals surface area contributed by atoms with Crippen LogP contribution in [0.1, 0.15) is 55.4 Å². The van der Waals surface area contributed by atoms with E-state index in [2.05, 4.69) is 152 Å². The Labute approximate surface area is 272 Å². The Kier molecular flexibility index (Phi) is 6.41. The summed E-state index contributed by atoms with van der Waals surface area (Å²) in [5.41, 5.74) is 5.04. The van der Waals surface area contributed by atoms with Crippen LogP contribution in [0.5, 0.6) is 0 Å². The molecule has 0 bridgehead atoms. The van der Waals surface area contributed by atoms with Gasteiger partial charge in [-0.25, -0.2) is 0 Å². The molecule has 2 aliphatic heterocycles. The summed E-state index contributed by atoms with van der Waals surface area (Å²) in [5.74, 6) is 0. The zero-order valence-corrected chi connectivity index (χ0v) is 28.0. The first-order chi connectivity index (χ1) is 21.8. The Bertz CT molecular complexity index is 1960. The van der Waals surface area contributed by atoms with Crippen molar-refractivity contribution in [3.63, 3.8) is 0 Å². The summed E-state index contributed by atoms with van der Waals surface area (Å²) in [4.78, 5) is 0. The van der Waals surface area contributed by atoms with Crippen molar-refractivity contribution in [2.24, 2.45) is 0 Å². The van der Waals surface area contributed by atoms with Crippen LogP contribution in [0.4, 0.5) is 0 Å². The summed E-state index contributed by atoms with van der Waals surface area (Å²) in [6.45, 7) is 16.8. The van der Waals surface area contributed by atoms with Crippen molar-refractivity contribution in [3.8, 4) is 22.3 Å². The molecule has 0 radical (unpaired) electrons. The Hall–Kier alpha value is -3.67. The van der Waals surface area contributed by atoms with Crippen LogP contribution in [-0.4, -0.2) is 36.6 Å². The van der Waals surface area contributed by atoms with Gasteiger partial charge < -0.3 is 18.6 Å². The maximum absolute atomic E-state index is 6.54. The Morgan fingerprint density at radius 3 is 1.07 bits per heavy atom. The zero-order valence-electron chi connectivity index (χ0n) is 28.0. The molecule has 8 rings (SSSR count). The van der Waals surface area contributed by atoms with Gasteiger partial charge in [0.1, 0.15) is 0 Å². The van der Waals surface area contributed by atoms with Crippen LogP contribution in [0.3, 0.4) is 0 Å². The van der Waals surface area contributed by atoms with Crippen molar-refractivity contribution in [3.05, 3.63) is 97.1 Å². The van der Waals surface area contributed by atoms with Gasteiger partial charge in [0.25, 0.3) is 0 Å². The molecule has 4 nitrogen and oxygen atoms in total. The monoisotopic (exact) mass is 606 g/mol. The molecule has 0 amide bonds. The molecule has 0 N–H and O–H groups in total. The topological polar surface area (TPSA) is 36.9 Å². The number of hydrogen-bond acceptors (Lipinski definition) is 4. The van der Waals surface area contributed by atoms with Gasteiger partial charge in [0, 0.05) is 0 Å². The predicted octanol–water partition coefficient (Wildman–Crippen LogP) is 8.52. The molecule has 2 aliphatic rings. The highest BCUT2D eigenvalue weighted by atomic mass is 16.7. The fourth-order valence-corrected chi connectivity index (χ4v) is 7.11. The average molecular weight is 606 g/mol. The van der Waals surface area contributed by atoms with Gasteiger partial charge in [0.05, 0.1) is 22.4 Å². The van der Waals surface area contributed by atoms with Gasteiger partial charge in [-0.3, -0.25) is 0 Å². The second kappa shape index (κ2) is 9.92. The zero-order chi connectivity index (χ0) is 32.2. The Morgan fingerprint density at radius 1 is 0.370 bits per heavy atom. The normalized spacial score (nSPS) is 20.0. The van der Waals surface area contributed by atoms with E-state index in [0.717, 1.165) is 22.1 Å². The van der Waals surface area contributed by atoms with E-state index in [4.69, 9.17) is 18.6 Å². The van der Waals surface area contributed by atoms with Crippen molar-refractivity contribution in [2.75, 3.05) is 0 Å². The molecule has 2 saturated heterocycles. The largest absolute Gasteiger partial charge is 0.495 e. The van der Waals surface area contributed by atoms with Crippen molar-refractivity contribution < 1.29 is 18.6 Å². The van der Waals surface area contributed by atoms with E-state index >= 15 is 0 Å². The average Bonchev–Trinajstić information content (AvgIpc) is 3.38. The molecule has 230 valence electrons. The molecule has 0 atom stereocenters. The summed E-state index contributed by atoms with van der Waals surface area (Å²) in [6, 6.07) is 35.1. The van der Waals surface area contributed by atoms with Gasteiger partial charge in [-0.1, -0.05) is 97.1 Å². The third-order valence-corrected chi connectivity index (χ3v) is 11.2. The van der Waals surface area contributed by atoms with Gasteiger partial charge in [-0.05, 0) is 121 Å². The van der Waals surface area contributed by atoms with Crippen molar-refractivity contribution in [2.45, 2.75) is 77.8 Å². The van der Waals surface area contributed by atoms with Gasteiger partial charge in [0.2, 0.25) is 0 Å². The summed E-state index contributed by atoms with van der Waals surface area (Å²) < 4.78 is 26.2. The minimum atomic E-state index is -0.446. The standard InChI is InChI=1S/C40H40B2O4/c1-37(2)38(3,4)44-41(43-37)33-15-11-9-13-29(33)27-21-17-25-20-24-32-28(22-18-26-19-23-31(27)35(25)36(26)32)30-14-10-12-16-34(30)42-45-39(5,6)40(7,8)46-42/h9-24H,1-8H3. The van der Waals surface area contributed by atoms with Gasteiger partial charge in [-0.15, -0.1) is 0 Å². The number of hydrogen-bond donors (Lipinski definition) is 0. The van der Waals surface area contributed by atoms with Crippen LogP contribution in [-0.2, 0) is 18.6 Å². The fraction of sp³-hybridized carbons (Fsp3) is 0.300. The molecule has 2 heterocycles. The van der Waals surface area contributed by atoms with Crippen LogP contribution in [0, 0.1) is 0 Å². The molecular weight excluding hydrogens is 566 g/mol. The lowest BCUT2D eigenvalue weighted by atomic mass is 9.73. The van der Waals surface area contributed by atoms with Gasteiger partial charge >= 0.3 is 14.2 Å². The van der Waals surface area contributed by atoms with Crippen molar-refractivity contribution >= 4 is 57.5 Å². The lowest BCUT2D eigenvalue weighted by molar-refractivity contribution is 0.00578. The first kappa shape index (κ1) is 29.7. The second-order valence-corrected chi connectivity index (χ2v) is 15.0. The predicted molar refractivity (Wildman–Crippen MR) is 192 cm³/mol. The maximum Gasteiger partial charge on any atom is 0.495 e. The Morgan fingerprint density at radius 2 is 0.696 bits per heavy atom. The molecule has 6 heteroatoms. The molecule has 6 aromatic rings. The molecule has 46 heavy (non-hydrogen) atoms. The first-order valence-corrected chi connectivity index (χ1v) is 16.4. The van der Waals surface area contributed by atoms with Crippen LogP contribution in [0.2, 0.25) is 0 Å². The summed E-state index contributed by atoms with van der Waals surface area (Å²) in [6.07, 6.45) is 0. The minimum Gasteiger partial charge on any atom is -0.399 e. The van der Waals surface area contributed by atoms with Crippen LogP contribution in [0.15, 0.2) is 97.1 Å². The molecule has 0 unspecified atom stereocenters. The molecule has 0 saturated carbocycles. The maximum atomic E-state index is 6.54. The van der Waals surface area contributed by atoms with Gasteiger partial charge in [-0.2, -0.15) is 0 Å². The number of rotatable bonds is 4. The van der Waals surface area contributed by atoms with E-state index in [-0.39, 0.29) is 0 Å². The molecule has 6 aromatic carbocycles. The molecular formula is C40H40B2O4. The quantitative estimate of drug-likeness (QED) is 0.149. The third kappa shape index (κ3) is 4.31. The van der Waals surface area contributed by atoms with Crippen molar-refractivity contribution in [1.29, 1.82) is 0 Å². The summed E-state index contributed by atoms with van der Waals surface area (Å²) >= 11 is 0. The number of benzene rings is 6. The van der Waals surface area contributed by atoms with Crippen LogP contribution >= 0.6 is 0 Å². The highest BCUT2D eigenvalue weighted by Gasteiger charge is 2.53. The molecule has 2 fully saturated rings. The van der Waals surface area contributed by atoms with E-state index in [0.29, 0.717) is 0 Å². The van der Waals surface area contributed by atoms with E-state index in [1.54, 1.807) is 0 Å². The van der Waals surface area contributed by atoms with Gasteiger partial charge in [0.15, 0.2) is 0 Å². The third-order valence-electron chi connectivity index (χ3n) is 11.2. The molecule has 0 aliphatic carbocycles. The summed E-state index contributed by atoms with van der Waals surface area (Å²) in [7, 11) is -0.893. The van der Waals surface area contributed by atoms with Crippen LogP contribution in [0.25, 0.3) is 54.6 Å². The van der Waals surface area contributed by atoms with E-state index < -0.39 is 36.6 Å². The van der Waals surface area contributed by atoms with E-state index in [9.17, 15) is 0 Å². The van der Waals surface area contributed by atoms with E-state index in [1.165, 1.54) is 43.4 Å². The second-order valence-electron chi connectivity index (χ2n) is 15.0. The van der Waals surface area contributed by atoms with E-state index in [1.807, 2.05) is 0 Å². The first-order valence-electron chi connectivity index (χ1n) is 16.4. The lowest BCUT2D eigenvalue weighted by Crippen LogP contribution is -2.41. The smallest absolute Gasteiger partial charge is 0.399 e. The fourth-order valence-electron chi connectivity index (χ4n) is 7.11. The molecule has 0 spiro atoms. The highest BCUT2D eigenvalue weighted by molar-refractivity contribution is 6.64. The lowest BCUT2D eigenvalue weighted by Gasteiger charge is -2.32. The SMILES string of the molecule is CC1(C)OB(c2ccccc2-c2ccc3ccc4c(-c5ccccc5B5OC(C)(C)C(C)(C)O5)ccc5ccc2c3c54)OC1(C)C. The highest BCUT2D eigenvalue weighted by Crippen LogP contribution is 2.44. The summed E-state index contributed by atoms with van der Waals surface area (Å²) in [5, 5.41) is 7.42. The van der Waals surface area contributed by atoms with Crippen molar-refractivity contribution in [1.82, 2.24) is 0 Å². The Balaban J connectivity index is 1.31. The van der Waals surface area contributed by atoms with Crippen LogP contribution < -0.4 is 10.9 Å².